The third-order valence-electron chi connectivity index (χ3n) is 5.33. The standard InChI is InChI=1S/C22H21ClN3O3.BrH/c23-18-10-8-16(9-11-18)20-14-24-12-3-1-2-7-22(24)25(20)15-21(27)17-5-4-6-19(13-17)26(28)29;/h4-6,8-11,13-14H,1-3,7,12,15H2;1H/q+1;/p-1. The van der Waals surface area contributed by atoms with Crippen molar-refractivity contribution < 1.29 is 31.3 Å². The Labute approximate surface area is 190 Å². The number of carbonyl (C=O) groups excluding carboxylic acids is 1. The average Bonchev–Trinajstić information content (AvgIpc) is 2.89. The van der Waals surface area contributed by atoms with Crippen LogP contribution >= 0.6 is 11.6 Å². The van der Waals surface area contributed by atoms with Crippen LogP contribution < -0.4 is 21.5 Å². The van der Waals surface area contributed by atoms with Gasteiger partial charge in [-0.1, -0.05) is 23.7 Å². The first-order valence-corrected chi connectivity index (χ1v) is 10.1. The van der Waals surface area contributed by atoms with Crippen LogP contribution in [0.1, 0.15) is 35.4 Å². The summed E-state index contributed by atoms with van der Waals surface area (Å²) in [5.74, 6) is 0.971. The lowest BCUT2D eigenvalue weighted by Gasteiger charge is -2.06. The molecule has 0 fully saturated rings. The van der Waals surface area contributed by atoms with Crippen molar-refractivity contribution in [1.82, 2.24) is 4.57 Å². The summed E-state index contributed by atoms with van der Waals surface area (Å²) in [5.41, 5.74) is 2.22. The monoisotopic (exact) mass is 489 g/mol. The molecule has 4 rings (SSSR count). The Bertz CT molecular complexity index is 1080. The van der Waals surface area contributed by atoms with Crippen LogP contribution in [0.5, 0.6) is 0 Å². The van der Waals surface area contributed by atoms with Crippen LogP contribution in [0.3, 0.4) is 0 Å². The fourth-order valence-electron chi connectivity index (χ4n) is 3.86. The van der Waals surface area contributed by atoms with Crippen LogP contribution in [-0.4, -0.2) is 15.3 Å². The molecule has 0 saturated carbocycles. The number of carbonyl (C=O) groups is 1. The highest BCUT2D eigenvalue weighted by molar-refractivity contribution is 6.30. The summed E-state index contributed by atoms with van der Waals surface area (Å²) in [4.78, 5) is 23.6. The average molecular weight is 491 g/mol. The predicted molar refractivity (Wildman–Crippen MR) is 110 cm³/mol. The second-order valence-corrected chi connectivity index (χ2v) is 7.69. The van der Waals surface area contributed by atoms with E-state index in [-0.39, 0.29) is 35.0 Å². The fraction of sp³-hybridized carbons (Fsp3) is 0.273. The summed E-state index contributed by atoms with van der Waals surface area (Å²) >= 11 is 6.05. The van der Waals surface area contributed by atoms with Gasteiger partial charge in [0, 0.05) is 34.7 Å². The number of imidazole rings is 1. The molecule has 0 amide bonds. The minimum Gasteiger partial charge on any atom is -1.00 e. The molecule has 0 unspecified atom stereocenters. The number of Topliss-reactive ketones (excluding diaryl/α,β-unsaturated/α-hetero) is 1. The molecular formula is C22H21BrClN3O3. The SMILES string of the molecule is O=C(Cn1c(-c2ccc(Cl)cc2)c[n+]2c1CCCCC2)c1cccc([N+](=O)[O-])c1.[Br-]. The number of hydrogen-bond donors (Lipinski definition) is 0. The maximum absolute atomic E-state index is 13.0. The van der Waals surface area contributed by atoms with E-state index in [0.717, 1.165) is 49.3 Å². The highest BCUT2D eigenvalue weighted by Gasteiger charge is 2.28. The van der Waals surface area contributed by atoms with Crippen LogP contribution in [-0.2, 0) is 19.5 Å². The molecule has 0 aliphatic carbocycles. The van der Waals surface area contributed by atoms with Gasteiger partial charge >= 0.3 is 0 Å². The molecule has 156 valence electrons. The summed E-state index contributed by atoms with van der Waals surface area (Å²) in [5, 5.41) is 11.7. The zero-order valence-corrected chi connectivity index (χ0v) is 18.6. The van der Waals surface area contributed by atoms with Crippen LogP contribution in [0.25, 0.3) is 11.3 Å². The first-order chi connectivity index (χ1) is 14.0. The first kappa shape index (κ1) is 22.2. The van der Waals surface area contributed by atoms with E-state index >= 15 is 0 Å². The Morgan fingerprint density at radius 1 is 1.13 bits per heavy atom. The maximum atomic E-state index is 13.0. The molecule has 1 aliphatic heterocycles. The second-order valence-electron chi connectivity index (χ2n) is 7.26. The van der Waals surface area contributed by atoms with E-state index in [1.165, 1.54) is 12.1 Å². The van der Waals surface area contributed by atoms with Gasteiger partial charge in [0.1, 0.15) is 6.20 Å². The van der Waals surface area contributed by atoms with E-state index in [2.05, 4.69) is 15.3 Å². The number of non-ortho nitro benzene ring substituents is 1. The van der Waals surface area contributed by atoms with Crippen molar-refractivity contribution in [3.63, 3.8) is 0 Å². The molecule has 0 radical (unpaired) electrons. The molecule has 2 aromatic carbocycles. The molecule has 3 aromatic rings. The molecular weight excluding hydrogens is 470 g/mol. The number of aryl methyl sites for hydroxylation is 1. The molecule has 1 aliphatic rings. The van der Waals surface area contributed by atoms with Crippen LogP contribution in [0, 0.1) is 10.1 Å². The van der Waals surface area contributed by atoms with E-state index in [9.17, 15) is 14.9 Å². The molecule has 0 bridgehead atoms. The van der Waals surface area contributed by atoms with E-state index in [1.807, 2.05) is 24.3 Å². The number of ketones is 1. The predicted octanol–water partition coefficient (Wildman–Crippen LogP) is 1.62. The highest BCUT2D eigenvalue weighted by Crippen LogP contribution is 2.25. The molecule has 0 atom stereocenters. The van der Waals surface area contributed by atoms with Gasteiger partial charge in [0.2, 0.25) is 5.78 Å². The summed E-state index contributed by atoms with van der Waals surface area (Å²) < 4.78 is 4.29. The summed E-state index contributed by atoms with van der Waals surface area (Å²) in [6.45, 7) is 1.06. The largest absolute Gasteiger partial charge is 1.00 e. The minimum absolute atomic E-state index is 0. The number of nitro benzene ring substituents is 1. The third-order valence-corrected chi connectivity index (χ3v) is 5.58. The number of aromatic nitrogens is 2. The summed E-state index contributed by atoms with van der Waals surface area (Å²) in [6, 6.07) is 13.5. The zero-order chi connectivity index (χ0) is 20.4. The van der Waals surface area contributed by atoms with Crippen molar-refractivity contribution in [3.05, 3.63) is 81.3 Å². The normalized spacial score (nSPS) is 13.1. The Hall–Kier alpha value is -2.51. The molecule has 1 aromatic heterocycles. The van der Waals surface area contributed by atoms with E-state index in [4.69, 9.17) is 11.6 Å². The topological polar surface area (TPSA) is 69.0 Å². The molecule has 2 heterocycles. The Kier molecular flexibility index (Phi) is 7.05. The van der Waals surface area contributed by atoms with Crippen LogP contribution in [0.4, 0.5) is 5.69 Å². The van der Waals surface area contributed by atoms with Gasteiger partial charge in [-0.25, -0.2) is 9.13 Å². The van der Waals surface area contributed by atoms with Crippen molar-refractivity contribution >= 4 is 23.1 Å². The van der Waals surface area contributed by atoms with Crippen molar-refractivity contribution in [2.45, 2.75) is 38.8 Å². The molecule has 8 heteroatoms. The number of hydrogen-bond acceptors (Lipinski definition) is 3. The van der Waals surface area contributed by atoms with Gasteiger partial charge < -0.3 is 17.0 Å². The van der Waals surface area contributed by atoms with E-state index in [1.54, 1.807) is 12.1 Å². The molecule has 0 N–H and O–H groups in total. The van der Waals surface area contributed by atoms with E-state index in [0.29, 0.717) is 10.6 Å². The van der Waals surface area contributed by atoms with Crippen LogP contribution in [0.15, 0.2) is 54.7 Å². The lowest BCUT2D eigenvalue weighted by molar-refractivity contribution is -0.702. The van der Waals surface area contributed by atoms with Gasteiger partial charge in [-0.3, -0.25) is 14.9 Å². The lowest BCUT2D eigenvalue weighted by Crippen LogP contribution is -3.00. The van der Waals surface area contributed by atoms with Crippen molar-refractivity contribution in [2.75, 3.05) is 0 Å². The Morgan fingerprint density at radius 3 is 2.63 bits per heavy atom. The highest BCUT2D eigenvalue weighted by atomic mass is 79.9. The minimum atomic E-state index is -0.479. The second kappa shape index (κ2) is 9.53. The van der Waals surface area contributed by atoms with Crippen molar-refractivity contribution in [2.24, 2.45) is 0 Å². The smallest absolute Gasteiger partial charge is 0.270 e. The molecule has 0 spiro atoms. The molecule has 30 heavy (non-hydrogen) atoms. The number of fused-ring (bicyclic) bond motifs is 1. The van der Waals surface area contributed by atoms with Gasteiger partial charge in [-0.05, 0) is 43.5 Å². The number of halogens is 2. The zero-order valence-electron chi connectivity index (χ0n) is 16.3. The number of nitro groups is 1. The van der Waals surface area contributed by atoms with Crippen LogP contribution in [0.2, 0.25) is 5.02 Å². The van der Waals surface area contributed by atoms with Gasteiger partial charge in [0.15, 0.2) is 12.2 Å². The van der Waals surface area contributed by atoms with Crippen molar-refractivity contribution in [3.8, 4) is 11.3 Å². The van der Waals surface area contributed by atoms with Gasteiger partial charge in [-0.2, -0.15) is 0 Å². The first-order valence-electron chi connectivity index (χ1n) is 9.68. The summed E-state index contributed by atoms with van der Waals surface area (Å²) in [6.07, 6.45) is 6.35. The number of rotatable bonds is 5. The van der Waals surface area contributed by atoms with E-state index < -0.39 is 4.92 Å². The Morgan fingerprint density at radius 2 is 1.90 bits per heavy atom. The quantitative estimate of drug-likeness (QED) is 0.236. The maximum Gasteiger partial charge on any atom is 0.270 e. The lowest BCUT2D eigenvalue weighted by atomic mass is 10.1. The fourth-order valence-corrected chi connectivity index (χ4v) is 3.98. The molecule has 0 saturated heterocycles. The Balaban J connectivity index is 0.00000256. The van der Waals surface area contributed by atoms with Gasteiger partial charge in [0.05, 0.1) is 11.5 Å². The summed E-state index contributed by atoms with van der Waals surface area (Å²) in [7, 11) is 0. The third kappa shape index (κ3) is 4.63. The number of nitrogens with zero attached hydrogens (tertiary/aromatic N) is 3. The van der Waals surface area contributed by atoms with Gasteiger partial charge in [0.25, 0.3) is 11.5 Å². The van der Waals surface area contributed by atoms with Gasteiger partial charge in [-0.15, -0.1) is 0 Å². The number of benzene rings is 2. The van der Waals surface area contributed by atoms with Crippen molar-refractivity contribution in [1.29, 1.82) is 0 Å². The molecule has 6 nitrogen and oxygen atoms in total.